The maximum absolute atomic E-state index is 3.21. The zero-order valence-electron chi connectivity index (χ0n) is 15.2. The van der Waals surface area contributed by atoms with Gasteiger partial charge in [-0.2, -0.15) is 0 Å². The Morgan fingerprint density at radius 1 is 0.720 bits per heavy atom. The Kier molecular flexibility index (Phi) is 5.52. The molecule has 2 nitrogen and oxygen atoms in total. The fourth-order valence-corrected chi connectivity index (χ4v) is 3.22. The molecule has 0 spiro atoms. The number of anilines is 1. The average Bonchev–Trinajstić information content (AvgIpc) is 2.65. The SMILES string of the molecule is CNCc1ccc(C(c2ccccc2)c2ccc(N(C)C)cc2)cc1. The molecule has 2 heteroatoms. The van der Waals surface area contributed by atoms with Gasteiger partial charge in [0.2, 0.25) is 0 Å². The summed E-state index contributed by atoms with van der Waals surface area (Å²) in [6, 6.07) is 28.6. The van der Waals surface area contributed by atoms with Crippen LogP contribution in [0.25, 0.3) is 0 Å². The molecule has 0 aliphatic heterocycles. The maximum Gasteiger partial charge on any atom is 0.0361 e. The fourth-order valence-electron chi connectivity index (χ4n) is 3.22. The second-order valence-electron chi connectivity index (χ2n) is 6.60. The normalized spacial score (nSPS) is 12.0. The molecule has 0 amide bonds. The first-order valence-electron chi connectivity index (χ1n) is 8.74. The lowest BCUT2D eigenvalue weighted by atomic mass is 9.85. The van der Waals surface area contributed by atoms with Crippen LogP contribution in [0.1, 0.15) is 28.2 Å². The summed E-state index contributed by atoms with van der Waals surface area (Å²) in [5.74, 6) is 0.251. The predicted molar refractivity (Wildman–Crippen MR) is 107 cm³/mol. The van der Waals surface area contributed by atoms with Crippen LogP contribution in [0.2, 0.25) is 0 Å². The first kappa shape index (κ1) is 17.2. The summed E-state index contributed by atoms with van der Waals surface area (Å²) in [5.41, 5.74) is 6.49. The van der Waals surface area contributed by atoms with Crippen LogP contribution in [0, 0.1) is 0 Å². The number of nitrogens with zero attached hydrogens (tertiary/aromatic N) is 1. The fraction of sp³-hybridized carbons (Fsp3) is 0.217. The van der Waals surface area contributed by atoms with E-state index in [-0.39, 0.29) is 5.92 Å². The van der Waals surface area contributed by atoms with Crippen LogP contribution in [0.15, 0.2) is 78.9 Å². The molecule has 0 bridgehead atoms. The van der Waals surface area contributed by atoms with Crippen LogP contribution in [0.4, 0.5) is 5.69 Å². The highest BCUT2D eigenvalue weighted by Gasteiger charge is 2.16. The van der Waals surface area contributed by atoms with E-state index in [4.69, 9.17) is 0 Å². The zero-order valence-corrected chi connectivity index (χ0v) is 15.2. The summed E-state index contributed by atoms with van der Waals surface area (Å²) in [6.45, 7) is 0.897. The first-order valence-corrected chi connectivity index (χ1v) is 8.74. The molecule has 1 N–H and O–H groups in total. The molecule has 0 aliphatic rings. The summed E-state index contributed by atoms with van der Waals surface area (Å²) in [5, 5.41) is 3.21. The van der Waals surface area contributed by atoms with Gasteiger partial charge in [0.05, 0.1) is 0 Å². The first-order chi connectivity index (χ1) is 12.2. The molecule has 128 valence electrons. The molecular weight excluding hydrogens is 304 g/mol. The zero-order chi connectivity index (χ0) is 17.6. The van der Waals surface area contributed by atoms with E-state index < -0.39 is 0 Å². The van der Waals surface area contributed by atoms with E-state index in [1.54, 1.807) is 0 Å². The van der Waals surface area contributed by atoms with Gasteiger partial charge in [0.25, 0.3) is 0 Å². The third kappa shape index (κ3) is 4.09. The van der Waals surface area contributed by atoms with Gasteiger partial charge in [0.1, 0.15) is 0 Å². The third-order valence-electron chi connectivity index (χ3n) is 4.57. The van der Waals surface area contributed by atoms with Gasteiger partial charge in [0, 0.05) is 32.2 Å². The molecule has 1 atom stereocenters. The minimum atomic E-state index is 0.251. The minimum Gasteiger partial charge on any atom is -0.378 e. The molecule has 3 rings (SSSR count). The van der Waals surface area contributed by atoms with Crippen LogP contribution in [0.3, 0.4) is 0 Å². The van der Waals surface area contributed by atoms with E-state index in [2.05, 4.69) is 103 Å². The average molecular weight is 330 g/mol. The monoisotopic (exact) mass is 330 g/mol. The second kappa shape index (κ2) is 8.00. The van der Waals surface area contributed by atoms with Gasteiger partial charge in [-0.25, -0.2) is 0 Å². The summed E-state index contributed by atoms with van der Waals surface area (Å²) in [4.78, 5) is 2.13. The lowest BCUT2D eigenvalue weighted by molar-refractivity contribution is 0.816. The van der Waals surface area contributed by atoms with Crippen LogP contribution in [-0.2, 0) is 6.54 Å². The van der Waals surface area contributed by atoms with Crippen molar-refractivity contribution < 1.29 is 0 Å². The van der Waals surface area contributed by atoms with Crippen molar-refractivity contribution in [2.75, 3.05) is 26.0 Å². The molecular formula is C23H26N2. The highest BCUT2D eigenvalue weighted by atomic mass is 15.1. The lowest BCUT2D eigenvalue weighted by Crippen LogP contribution is -2.09. The topological polar surface area (TPSA) is 15.3 Å². The molecule has 25 heavy (non-hydrogen) atoms. The van der Waals surface area contributed by atoms with E-state index in [1.807, 2.05) is 7.05 Å². The summed E-state index contributed by atoms with van der Waals surface area (Å²) < 4.78 is 0. The molecule has 0 aliphatic carbocycles. The van der Waals surface area contributed by atoms with Crippen LogP contribution >= 0.6 is 0 Å². The molecule has 3 aromatic carbocycles. The Bertz CT molecular complexity index is 775. The van der Waals surface area contributed by atoms with E-state index in [1.165, 1.54) is 27.9 Å². The van der Waals surface area contributed by atoms with Crippen molar-refractivity contribution in [3.8, 4) is 0 Å². The molecule has 0 saturated heterocycles. The third-order valence-corrected chi connectivity index (χ3v) is 4.57. The van der Waals surface area contributed by atoms with Gasteiger partial charge in [-0.15, -0.1) is 0 Å². The van der Waals surface area contributed by atoms with Gasteiger partial charge >= 0.3 is 0 Å². The summed E-state index contributed by atoms with van der Waals surface area (Å²) >= 11 is 0. The van der Waals surface area contributed by atoms with E-state index in [0.29, 0.717) is 0 Å². The largest absolute Gasteiger partial charge is 0.378 e. The molecule has 3 aromatic rings. The standard InChI is InChI=1S/C23H26N2/c1-24-17-18-9-11-20(12-10-18)23(19-7-5-4-6-8-19)21-13-15-22(16-14-21)25(2)3/h4-16,23-24H,17H2,1-3H3. The Labute approximate surface area is 151 Å². The quantitative estimate of drug-likeness (QED) is 0.662. The smallest absolute Gasteiger partial charge is 0.0361 e. The Balaban J connectivity index is 2.01. The van der Waals surface area contributed by atoms with E-state index in [9.17, 15) is 0 Å². The summed E-state index contributed by atoms with van der Waals surface area (Å²) in [6.07, 6.45) is 0. The lowest BCUT2D eigenvalue weighted by Gasteiger charge is -2.21. The van der Waals surface area contributed by atoms with Crippen LogP contribution < -0.4 is 10.2 Å². The van der Waals surface area contributed by atoms with Crippen molar-refractivity contribution in [2.24, 2.45) is 0 Å². The second-order valence-corrected chi connectivity index (χ2v) is 6.60. The maximum atomic E-state index is 3.21. The Morgan fingerprint density at radius 3 is 1.76 bits per heavy atom. The van der Waals surface area contributed by atoms with E-state index in [0.717, 1.165) is 6.54 Å². The van der Waals surface area contributed by atoms with Gasteiger partial charge < -0.3 is 10.2 Å². The number of nitrogens with one attached hydrogen (secondary N) is 1. The number of hydrogen-bond acceptors (Lipinski definition) is 2. The molecule has 0 radical (unpaired) electrons. The molecule has 0 fully saturated rings. The van der Waals surface area contributed by atoms with Crippen molar-refractivity contribution in [3.05, 3.63) is 101 Å². The van der Waals surface area contributed by atoms with Crippen molar-refractivity contribution in [3.63, 3.8) is 0 Å². The van der Waals surface area contributed by atoms with Gasteiger partial charge in [-0.3, -0.25) is 0 Å². The molecule has 0 aromatic heterocycles. The molecule has 1 unspecified atom stereocenters. The summed E-state index contributed by atoms with van der Waals surface area (Å²) in [7, 11) is 6.13. The molecule has 0 heterocycles. The minimum absolute atomic E-state index is 0.251. The highest BCUT2D eigenvalue weighted by molar-refractivity contribution is 5.50. The van der Waals surface area contributed by atoms with Gasteiger partial charge in [-0.1, -0.05) is 66.7 Å². The van der Waals surface area contributed by atoms with Crippen LogP contribution in [0.5, 0.6) is 0 Å². The Morgan fingerprint density at radius 2 is 1.24 bits per heavy atom. The van der Waals surface area contributed by atoms with Crippen molar-refractivity contribution in [2.45, 2.75) is 12.5 Å². The van der Waals surface area contributed by atoms with Gasteiger partial charge in [-0.05, 0) is 41.4 Å². The van der Waals surface area contributed by atoms with E-state index >= 15 is 0 Å². The Hall–Kier alpha value is -2.58. The van der Waals surface area contributed by atoms with Gasteiger partial charge in [0.15, 0.2) is 0 Å². The van der Waals surface area contributed by atoms with Crippen molar-refractivity contribution >= 4 is 5.69 Å². The number of rotatable bonds is 6. The van der Waals surface area contributed by atoms with Crippen molar-refractivity contribution in [1.82, 2.24) is 5.32 Å². The number of benzene rings is 3. The molecule has 0 saturated carbocycles. The van der Waals surface area contributed by atoms with Crippen molar-refractivity contribution in [1.29, 1.82) is 0 Å². The number of hydrogen-bond donors (Lipinski definition) is 1. The highest BCUT2D eigenvalue weighted by Crippen LogP contribution is 2.32. The van der Waals surface area contributed by atoms with Crippen LogP contribution in [-0.4, -0.2) is 21.1 Å². The predicted octanol–water partition coefficient (Wildman–Crippen LogP) is 4.65.